The third-order valence-electron chi connectivity index (χ3n) is 6.92. The van der Waals surface area contributed by atoms with Gasteiger partial charge in [-0.2, -0.15) is 0 Å². The first-order chi connectivity index (χ1) is 13.9. The first-order valence-electron chi connectivity index (χ1n) is 13.6. The van der Waals surface area contributed by atoms with Gasteiger partial charge in [0.1, 0.15) is 0 Å². The molecule has 0 amide bonds. The highest BCUT2D eigenvalue weighted by Crippen LogP contribution is 2.20. The SMILES string of the molecule is CCCCCCCCCCCCC(CCC)N1CCCCCCCCCCC1. The van der Waals surface area contributed by atoms with E-state index in [9.17, 15) is 0 Å². The standard InChI is InChI=1S/C27H55N/c1-3-5-6-7-8-9-11-14-17-20-24-27(23-4-2)28-25-21-18-15-12-10-13-16-19-22-26-28/h27H,3-26H2,1-2H3. The van der Waals surface area contributed by atoms with E-state index < -0.39 is 0 Å². The molecule has 1 rings (SSSR count). The molecule has 1 aliphatic heterocycles. The lowest BCUT2D eigenvalue weighted by Crippen LogP contribution is -2.37. The van der Waals surface area contributed by atoms with Crippen LogP contribution in [0.4, 0.5) is 0 Å². The molecule has 0 aromatic rings. The molecule has 1 heterocycles. The third kappa shape index (κ3) is 14.9. The maximum absolute atomic E-state index is 2.92. The minimum Gasteiger partial charge on any atom is -0.300 e. The second kappa shape index (κ2) is 20.2. The summed E-state index contributed by atoms with van der Waals surface area (Å²) in [5.74, 6) is 0. The number of unbranched alkanes of at least 4 members (excludes halogenated alkanes) is 9. The summed E-state index contributed by atoms with van der Waals surface area (Å²) in [4.78, 5) is 2.92. The molecule has 0 radical (unpaired) electrons. The summed E-state index contributed by atoms with van der Waals surface area (Å²) in [6, 6.07) is 0.877. The topological polar surface area (TPSA) is 3.24 Å². The predicted octanol–water partition coefficient (Wildman–Crippen LogP) is 9.29. The molecule has 168 valence electrons. The summed E-state index contributed by atoms with van der Waals surface area (Å²) in [5.41, 5.74) is 0. The molecule has 1 unspecified atom stereocenters. The van der Waals surface area contributed by atoms with E-state index in [1.54, 1.807) is 0 Å². The molecular formula is C27H55N. The van der Waals surface area contributed by atoms with Crippen molar-refractivity contribution in [1.82, 2.24) is 4.90 Å². The lowest BCUT2D eigenvalue weighted by molar-refractivity contribution is 0.164. The molecule has 0 N–H and O–H groups in total. The molecule has 1 aliphatic rings. The van der Waals surface area contributed by atoms with Crippen LogP contribution in [0.15, 0.2) is 0 Å². The Bertz CT molecular complexity index is 289. The van der Waals surface area contributed by atoms with Gasteiger partial charge < -0.3 is 4.90 Å². The highest BCUT2D eigenvalue weighted by molar-refractivity contribution is 4.73. The minimum atomic E-state index is 0.877. The summed E-state index contributed by atoms with van der Waals surface area (Å²) in [5, 5.41) is 0. The van der Waals surface area contributed by atoms with Crippen molar-refractivity contribution in [3.63, 3.8) is 0 Å². The molecule has 0 aromatic carbocycles. The summed E-state index contributed by atoms with van der Waals surface area (Å²) in [7, 11) is 0. The van der Waals surface area contributed by atoms with Crippen molar-refractivity contribution in [2.24, 2.45) is 0 Å². The van der Waals surface area contributed by atoms with Crippen LogP contribution in [0, 0.1) is 0 Å². The molecule has 1 nitrogen and oxygen atoms in total. The molecule has 0 bridgehead atoms. The number of hydrogen-bond acceptors (Lipinski definition) is 1. The van der Waals surface area contributed by atoms with Crippen LogP contribution in [-0.4, -0.2) is 24.0 Å². The van der Waals surface area contributed by atoms with Gasteiger partial charge in [0.15, 0.2) is 0 Å². The Kier molecular flexibility index (Phi) is 18.8. The van der Waals surface area contributed by atoms with Crippen LogP contribution in [0.1, 0.15) is 155 Å². The number of nitrogens with zero attached hydrogens (tertiary/aromatic N) is 1. The number of hydrogen-bond donors (Lipinski definition) is 0. The van der Waals surface area contributed by atoms with Crippen molar-refractivity contribution >= 4 is 0 Å². The first kappa shape index (κ1) is 26.0. The van der Waals surface area contributed by atoms with Gasteiger partial charge >= 0.3 is 0 Å². The average Bonchev–Trinajstić information content (AvgIpc) is 2.69. The molecule has 1 saturated heterocycles. The average molecular weight is 394 g/mol. The van der Waals surface area contributed by atoms with E-state index >= 15 is 0 Å². The highest BCUT2D eigenvalue weighted by atomic mass is 15.1. The van der Waals surface area contributed by atoms with Crippen molar-refractivity contribution in [2.45, 2.75) is 161 Å². The van der Waals surface area contributed by atoms with Crippen LogP contribution in [0.2, 0.25) is 0 Å². The summed E-state index contributed by atoms with van der Waals surface area (Å²) in [6.45, 7) is 7.46. The molecular weight excluding hydrogens is 338 g/mol. The third-order valence-corrected chi connectivity index (χ3v) is 6.92. The van der Waals surface area contributed by atoms with Crippen molar-refractivity contribution in [2.75, 3.05) is 13.1 Å². The van der Waals surface area contributed by atoms with E-state index in [2.05, 4.69) is 18.7 Å². The molecule has 0 aromatic heterocycles. The normalized spacial score (nSPS) is 19.1. The van der Waals surface area contributed by atoms with Gasteiger partial charge in [0.05, 0.1) is 0 Å². The van der Waals surface area contributed by atoms with Gasteiger partial charge in [-0.15, -0.1) is 0 Å². The van der Waals surface area contributed by atoms with Crippen molar-refractivity contribution in [3.8, 4) is 0 Å². The van der Waals surface area contributed by atoms with Crippen LogP contribution in [-0.2, 0) is 0 Å². The molecule has 0 spiro atoms. The molecule has 1 atom stereocenters. The van der Waals surface area contributed by atoms with Crippen LogP contribution >= 0.6 is 0 Å². The first-order valence-corrected chi connectivity index (χ1v) is 13.6. The van der Waals surface area contributed by atoms with E-state index in [1.165, 1.54) is 154 Å². The zero-order chi connectivity index (χ0) is 20.1. The van der Waals surface area contributed by atoms with Gasteiger partial charge in [-0.25, -0.2) is 0 Å². The second-order valence-corrected chi connectivity index (χ2v) is 9.63. The van der Waals surface area contributed by atoms with Gasteiger partial charge in [-0.3, -0.25) is 0 Å². The predicted molar refractivity (Wildman–Crippen MR) is 128 cm³/mol. The smallest absolute Gasteiger partial charge is 0.00951 e. The fraction of sp³-hybridized carbons (Fsp3) is 1.00. The van der Waals surface area contributed by atoms with Crippen LogP contribution in [0.3, 0.4) is 0 Å². The Morgan fingerprint density at radius 3 is 1.36 bits per heavy atom. The Morgan fingerprint density at radius 2 is 0.893 bits per heavy atom. The molecule has 1 fully saturated rings. The maximum atomic E-state index is 2.92. The van der Waals surface area contributed by atoms with Crippen molar-refractivity contribution < 1.29 is 0 Å². The molecule has 0 aliphatic carbocycles. The fourth-order valence-corrected chi connectivity index (χ4v) is 5.05. The van der Waals surface area contributed by atoms with Gasteiger partial charge in [0, 0.05) is 6.04 Å². The van der Waals surface area contributed by atoms with Gasteiger partial charge in [-0.1, -0.05) is 129 Å². The molecule has 1 heteroatoms. The zero-order valence-corrected chi connectivity index (χ0v) is 20.0. The van der Waals surface area contributed by atoms with Crippen molar-refractivity contribution in [1.29, 1.82) is 0 Å². The number of rotatable bonds is 14. The lowest BCUT2D eigenvalue weighted by atomic mass is 9.99. The minimum absolute atomic E-state index is 0.877. The summed E-state index contributed by atoms with van der Waals surface area (Å²) in [6.07, 6.45) is 32.1. The Morgan fingerprint density at radius 1 is 0.464 bits per heavy atom. The van der Waals surface area contributed by atoms with E-state index in [0.717, 1.165) is 6.04 Å². The largest absolute Gasteiger partial charge is 0.300 e. The quantitative estimate of drug-likeness (QED) is 0.266. The monoisotopic (exact) mass is 393 g/mol. The molecule has 28 heavy (non-hydrogen) atoms. The highest BCUT2D eigenvalue weighted by Gasteiger charge is 2.17. The summed E-state index contributed by atoms with van der Waals surface area (Å²) < 4.78 is 0. The van der Waals surface area contributed by atoms with E-state index in [4.69, 9.17) is 0 Å². The maximum Gasteiger partial charge on any atom is 0.00951 e. The molecule has 0 saturated carbocycles. The van der Waals surface area contributed by atoms with Crippen molar-refractivity contribution in [3.05, 3.63) is 0 Å². The Hall–Kier alpha value is -0.0400. The Balaban J connectivity index is 2.20. The van der Waals surface area contributed by atoms with Gasteiger partial charge in [0.25, 0.3) is 0 Å². The second-order valence-electron chi connectivity index (χ2n) is 9.63. The van der Waals surface area contributed by atoms with Gasteiger partial charge in [0.2, 0.25) is 0 Å². The van der Waals surface area contributed by atoms with Crippen LogP contribution in [0.5, 0.6) is 0 Å². The Labute approximate surface area is 179 Å². The van der Waals surface area contributed by atoms with Crippen LogP contribution < -0.4 is 0 Å². The van der Waals surface area contributed by atoms with E-state index in [1.807, 2.05) is 0 Å². The zero-order valence-electron chi connectivity index (χ0n) is 20.0. The van der Waals surface area contributed by atoms with Crippen LogP contribution in [0.25, 0.3) is 0 Å². The summed E-state index contributed by atoms with van der Waals surface area (Å²) >= 11 is 0. The lowest BCUT2D eigenvalue weighted by Gasteiger charge is -2.32. The van der Waals surface area contributed by atoms with E-state index in [-0.39, 0.29) is 0 Å². The van der Waals surface area contributed by atoms with Gasteiger partial charge in [-0.05, 0) is 38.8 Å². The fourth-order valence-electron chi connectivity index (χ4n) is 5.05. The van der Waals surface area contributed by atoms with E-state index in [0.29, 0.717) is 0 Å².